The zero-order valence-corrected chi connectivity index (χ0v) is 14.3. The molecule has 0 amide bonds. The van der Waals surface area contributed by atoms with E-state index in [2.05, 4.69) is 19.1 Å². The maximum Gasteiger partial charge on any atom is 0.157 e. The van der Waals surface area contributed by atoms with Gasteiger partial charge in [-0.05, 0) is 44.9 Å². The molecule has 1 aliphatic rings. The van der Waals surface area contributed by atoms with Crippen molar-refractivity contribution >= 4 is 6.29 Å². The molecule has 0 N–H and O–H groups in total. The third kappa shape index (κ3) is 10.1. The van der Waals surface area contributed by atoms with Crippen molar-refractivity contribution in [3.05, 3.63) is 12.2 Å². The predicted octanol–water partition coefficient (Wildman–Crippen LogP) is 5.18. The molecule has 0 aromatic rings. The van der Waals surface area contributed by atoms with Gasteiger partial charge in [0.05, 0.1) is 6.10 Å². The average molecular weight is 310 g/mol. The number of unbranched alkanes of at least 4 members (excludes halogenated alkanes) is 5. The van der Waals surface area contributed by atoms with E-state index in [4.69, 9.17) is 9.47 Å². The maximum absolute atomic E-state index is 10.8. The van der Waals surface area contributed by atoms with Crippen LogP contribution in [0.25, 0.3) is 0 Å². The van der Waals surface area contributed by atoms with Crippen LogP contribution in [0.4, 0.5) is 0 Å². The number of hydrogen-bond donors (Lipinski definition) is 0. The summed E-state index contributed by atoms with van der Waals surface area (Å²) < 4.78 is 11.5. The third-order valence-corrected chi connectivity index (χ3v) is 4.14. The lowest BCUT2D eigenvalue weighted by Gasteiger charge is -2.26. The molecule has 0 spiro atoms. The highest BCUT2D eigenvalue weighted by Gasteiger charge is 2.19. The summed E-state index contributed by atoms with van der Waals surface area (Å²) in [5.74, 6) is 0. The normalized spacial score (nSPS) is 20.3. The number of carbonyl (C=O) groups excluding carboxylic acids is 1. The van der Waals surface area contributed by atoms with Crippen molar-refractivity contribution in [2.45, 2.75) is 96.4 Å². The minimum absolute atomic E-state index is 0.00908. The van der Waals surface area contributed by atoms with Gasteiger partial charge in [-0.25, -0.2) is 0 Å². The summed E-state index contributed by atoms with van der Waals surface area (Å²) in [4.78, 5) is 10.8. The SMILES string of the molecule is CCCCCCC/C=C\CC[C@H](CC=O)OC1CCCCO1. The topological polar surface area (TPSA) is 35.5 Å². The van der Waals surface area contributed by atoms with Gasteiger partial charge in [0.25, 0.3) is 0 Å². The highest BCUT2D eigenvalue weighted by atomic mass is 16.7. The van der Waals surface area contributed by atoms with Crippen molar-refractivity contribution in [2.75, 3.05) is 6.61 Å². The second-order valence-electron chi connectivity index (χ2n) is 6.21. The van der Waals surface area contributed by atoms with Gasteiger partial charge >= 0.3 is 0 Å². The first kappa shape index (κ1) is 19.4. The fourth-order valence-electron chi connectivity index (χ4n) is 2.77. The molecule has 0 radical (unpaired) electrons. The quantitative estimate of drug-likeness (QED) is 0.267. The highest BCUT2D eigenvalue weighted by Crippen LogP contribution is 2.18. The van der Waals surface area contributed by atoms with Crippen LogP contribution in [0, 0.1) is 0 Å². The van der Waals surface area contributed by atoms with Crippen molar-refractivity contribution in [1.82, 2.24) is 0 Å². The Labute approximate surface area is 136 Å². The Morgan fingerprint density at radius 2 is 1.95 bits per heavy atom. The smallest absolute Gasteiger partial charge is 0.157 e. The molecule has 22 heavy (non-hydrogen) atoms. The van der Waals surface area contributed by atoms with Gasteiger partial charge in [0.15, 0.2) is 6.29 Å². The third-order valence-electron chi connectivity index (χ3n) is 4.14. The van der Waals surface area contributed by atoms with Crippen LogP contribution < -0.4 is 0 Å². The maximum atomic E-state index is 10.8. The molecule has 1 unspecified atom stereocenters. The second kappa shape index (κ2) is 14.0. The number of allylic oxidation sites excluding steroid dienone is 2. The fourth-order valence-corrected chi connectivity index (χ4v) is 2.77. The largest absolute Gasteiger partial charge is 0.353 e. The number of rotatable bonds is 13. The molecule has 1 heterocycles. The van der Waals surface area contributed by atoms with Crippen LogP contribution in [-0.2, 0) is 14.3 Å². The first-order valence-corrected chi connectivity index (χ1v) is 9.22. The molecule has 0 aromatic carbocycles. The van der Waals surface area contributed by atoms with Gasteiger partial charge in [-0.2, -0.15) is 0 Å². The van der Waals surface area contributed by atoms with Crippen molar-refractivity contribution in [3.8, 4) is 0 Å². The van der Waals surface area contributed by atoms with Gasteiger partial charge in [-0.15, -0.1) is 0 Å². The summed E-state index contributed by atoms with van der Waals surface area (Å²) >= 11 is 0. The number of hydrogen-bond acceptors (Lipinski definition) is 3. The van der Waals surface area contributed by atoms with Gasteiger partial charge in [-0.1, -0.05) is 44.8 Å². The van der Waals surface area contributed by atoms with Gasteiger partial charge in [-0.3, -0.25) is 0 Å². The first-order chi connectivity index (χ1) is 10.9. The first-order valence-electron chi connectivity index (χ1n) is 9.22. The molecule has 1 aliphatic heterocycles. The zero-order chi connectivity index (χ0) is 15.9. The van der Waals surface area contributed by atoms with E-state index in [1.807, 2.05) is 0 Å². The van der Waals surface area contributed by atoms with Crippen LogP contribution >= 0.6 is 0 Å². The molecule has 1 fully saturated rings. The zero-order valence-electron chi connectivity index (χ0n) is 14.3. The lowest BCUT2D eigenvalue weighted by Crippen LogP contribution is -2.28. The van der Waals surface area contributed by atoms with Crippen molar-refractivity contribution in [2.24, 2.45) is 0 Å². The number of aldehydes is 1. The van der Waals surface area contributed by atoms with E-state index in [1.165, 1.54) is 38.5 Å². The Bertz CT molecular complexity index is 282. The van der Waals surface area contributed by atoms with E-state index >= 15 is 0 Å². The molecular weight excluding hydrogens is 276 g/mol. The standard InChI is InChI=1S/C19H34O3/c1-2-3-4-5-6-7-8-9-10-13-18(15-16-20)22-19-14-11-12-17-21-19/h8-9,16,18-19H,2-7,10-15,17H2,1H3/b9-8-/t18-,19?/m1/s1. The Morgan fingerprint density at radius 1 is 1.14 bits per heavy atom. The molecule has 0 saturated carbocycles. The van der Waals surface area contributed by atoms with Crippen LogP contribution in [0.2, 0.25) is 0 Å². The number of carbonyl (C=O) groups is 1. The molecule has 3 nitrogen and oxygen atoms in total. The van der Waals surface area contributed by atoms with Crippen LogP contribution in [-0.4, -0.2) is 25.3 Å². The molecule has 2 atom stereocenters. The van der Waals surface area contributed by atoms with E-state index in [-0.39, 0.29) is 12.4 Å². The molecule has 3 heteroatoms. The summed E-state index contributed by atoms with van der Waals surface area (Å²) in [6.07, 6.45) is 18.8. The van der Waals surface area contributed by atoms with Crippen LogP contribution in [0.15, 0.2) is 12.2 Å². The molecular formula is C19H34O3. The van der Waals surface area contributed by atoms with Gasteiger partial charge in [0.1, 0.15) is 6.29 Å². The lowest BCUT2D eigenvalue weighted by atomic mass is 10.1. The van der Waals surface area contributed by atoms with E-state index in [1.54, 1.807) is 0 Å². The summed E-state index contributed by atoms with van der Waals surface area (Å²) in [5.41, 5.74) is 0. The summed E-state index contributed by atoms with van der Waals surface area (Å²) in [6.45, 7) is 3.03. The van der Waals surface area contributed by atoms with Gasteiger partial charge < -0.3 is 14.3 Å². The lowest BCUT2D eigenvalue weighted by molar-refractivity contribution is -0.189. The molecule has 1 saturated heterocycles. The van der Waals surface area contributed by atoms with Gasteiger partial charge in [0, 0.05) is 13.0 Å². The average Bonchev–Trinajstić information content (AvgIpc) is 2.54. The van der Waals surface area contributed by atoms with E-state index in [0.717, 1.165) is 45.0 Å². The van der Waals surface area contributed by atoms with Crippen LogP contribution in [0.5, 0.6) is 0 Å². The van der Waals surface area contributed by atoms with Crippen molar-refractivity contribution in [1.29, 1.82) is 0 Å². The Balaban J connectivity index is 2.08. The Kier molecular flexibility index (Phi) is 12.3. The van der Waals surface area contributed by atoms with E-state index < -0.39 is 0 Å². The molecule has 0 bridgehead atoms. The monoisotopic (exact) mass is 310 g/mol. The van der Waals surface area contributed by atoms with Crippen molar-refractivity contribution in [3.63, 3.8) is 0 Å². The van der Waals surface area contributed by atoms with E-state index in [0.29, 0.717) is 6.42 Å². The Morgan fingerprint density at radius 3 is 2.68 bits per heavy atom. The Hall–Kier alpha value is -0.670. The van der Waals surface area contributed by atoms with Crippen molar-refractivity contribution < 1.29 is 14.3 Å². The van der Waals surface area contributed by atoms with E-state index in [9.17, 15) is 4.79 Å². The highest BCUT2D eigenvalue weighted by molar-refractivity contribution is 5.50. The molecule has 128 valence electrons. The minimum Gasteiger partial charge on any atom is -0.353 e. The van der Waals surface area contributed by atoms with Crippen LogP contribution in [0.3, 0.4) is 0 Å². The summed E-state index contributed by atoms with van der Waals surface area (Å²) in [6, 6.07) is 0. The van der Waals surface area contributed by atoms with Gasteiger partial charge in [0.2, 0.25) is 0 Å². The predicted molar refractivity (Wildman–Crippen MR) is 90.9 cm³/mol. The second-order valence-corrected chi connectivity index (χ2v) is 6.21. The minimum atomic E-state index is -0.0961. The molecule has 0 aliphatic carbocycles. The summed E-state index contributed by atoms with van der Waals surface area (Å²) in [7, 11) is 0. The molecule has 0 aromatic heterocycles. The molecule has 1 rings (SSSR count). The fraction of sp³-hybridized carbons (Fsp3) is 0.842. The summed E-state index contributed by atoms with van der Waals surface area (Å²) in [5, 5.41) is 0. The van der Waals surface area contributed by atoms with Crippen LogP contribution in [0.1, 0.15) is 84.0 Å². The number of ether oxygens (including phenoxy) is 2.